The van der Waals surface area contributed by atoms with Crippen molar-refractivity contribution in [2.24, 2.45) is 0 Å². The fraction of sp³-hybridized carbons (Fsp3) is 0.143. The van der Waals surface area contributed by atoms with Crippen LogP contribution < -0.4 is 20.6 Å². The number of nitrogens with zero attached hydrogens (tertiary/aromatic N) is 2. The number of hydrogen-bond donors (Lipinski definition) is 0. The molecule has 5 aromatic rings. The van der Waals surface area contributed by atoms with Crippen LogP contribution in [-0.2, 0) is 0 Å². The smallest absolute Gasteiger partial charge is 0.333 e. The minimum Gasteiger partial charge on any atom is -0.376 e. The van der Waals surface area contributed by atoms with Crippen molar-refractivity contribution in [2.75, 3.05) is 9.71 Å². The van der Waals surface area contributed by atoms with Gasteiger partial charge in [-0.25, -0.2) is 0 Å². The quantitative estimate of drug-likeness (QED) is 0.236. The van der Waals surface area contributed by atoms with Gasteiger partial charge in [0, 0.05) is 34.0 Å². The molecule has 0 amide bonds. The van der Waals surface area contributed by atoms with E-state index in [9.17, 15) is 0 Å². The first-order valence-electron chi connectivity index (χ1n) is 13.6. The van der Waals surface area contributed by atoms with E-state index in [1.807, 2.05) is 0 Å². The van der Waals surface area contributed by atoms with E-state index in [1.165, 1.54) is 67.2 Å². The van der Waals surface area contributed by atoms with Gasteiger partial charge in [-0.15, -0.1) is 0 Å². The fourth-order valence-corrected chi connectivity index (χ4v) is 6.44. The van der Waals surface area contributed by atoms with Crippen LogP contribution >= 0.6 is 0 Å². The highest BCUT2D eigenvalue weighted by atomic mass is 15.2. The molecule has 2 heterocycles. The molecule has 0 unspecified atom stereocenters. The van der Waals surface area contributed by atoms with E-state index >= 15 is 0 Å². The van der Waals surface area contributed by atoms with Crippen LogP contribution in [0.4, 0.5) is 28.4 Å². The lowest BCUT2D eigenvalue weighted by Crippen LogP contribution is -2.61. The van der Waals surface area contributed by atoms with Crippen molar-refractivity contribution in [3.05, 3.63) is 126 Å². The average Bonchev–Trinajstić information content (AvgIpc) is 2.94. The van der Waals surface area contributed by atoms with Crippen LogP contribution in [0.15, 0.2) is 109 Å². The SMILES string of the molecule is Cc1ccccc1N1B2c3ccccc3N(c3ccccc3)c3cc(C(C)C)cc(c32)-c2cccc(C)c21. The first-order chi connectivity index (χ1) is 18.5. The molecule has 38 heavy (non-hydrogen) atoms. The molecule has 184 valence electrons. The molecule has 0 bridgehead atoms. The van der Waals surface area contributed by atoms with Crippen LogP contribution in [0.5, 0.6) is 0 Å². The second-order valence-electron chi connectivity index (χ2n) is 10.9. The molecule has 0 N–H and O–H groups in total. The number of fused-ring (bicyclic) bond motifs is 4. The molecule has 7 rings (SSSR count). The summed E-state index contributed by atoms with van der Waals surface area (Å²) in [6, 6.07) is 40.3. The Morgan fingerprint density at radius 3 is 2.05 bits per heavy atom. The Kier molecular flexibility index (Phi) is 5.23. The molecule has 0 saturated carbocycles. The molecule has 0 atom stereocenters. The molecule has 0 radical (unpaired) electrons. The predicted octanol–water partition coefficient (Wildman–Crippen LogP) is 8.13. The number of hydrogen-bond acceptors (Lipinski definition) is 2. The molecule has 0 spiro atoms. The van der Waals surface area contributed by atoms with Gasteiger partial charge in [-0.2, -0.15) is 0 Å². The summed E-state index contributed by atoms with van der Waals surface area (Å²) in [5.74, 6) is 0.424. The second kappa shape index (κ2) is 8.67. The number of aryl methyl sites for hydroxylation is 2. The average molecular weight is 490 g/mol. The van der Waals surface area contributed by atoms with Crippen LogP contribution in [0, 0.1) is 13.8 Å². The molecule has 2 aliphatic heterocycles. The zero-order chi connectivity index (χ0) is 26.0. The van der Waals surface area contributed by atoms with Gasteiger partial charge < -0.3 is 9.71 Å². The monoisotopic (exact) mass is 490 g/mol. The van der Waals surface area contributed by atoms with Gasteiger partial charge in [0.15, 0.2) is 0 Å². The standard InChI is InChI=1S/C35H31BN2/c1-23(2)26-21-29-28-17-12-14-25(4)35(28)38(31-19-10-8-13-24(31)3)36-30-18-9-11-20-32(30)37(33(22-26)34(29)36)27-15-6-5-7-16-27/h5-23H,1-4H3. The Balaban J connectivity index is 1.65. The summed E-state index contributed by atoms with van der Waals surface area (Å²) < 4.78 is 0. The van der Waals surface area contributed by atoms with Crippen LogP contribution in [0.1, 0.15) is 36.5 Å². The first-order valence-corrected chi connectivity index (χ1v) is 13.6. The summed E-state index contributed by atoms with van der Waals surface area (Å²) in [5, 5.41) is 0. The molecule has 2 aliphatic rings. The van der Waals surface area contributed by atoms with Crippen LogP contribution in [0.2, 0.25) is 0 Å². The van der Waals surface area contributed by atoms with Gasteiger partial charge in [0.2, 0.25) is 0 Å². The summed E-state index contributed by atoms with van der Waals surface area (Å²) >= 11 is 0. The fourth-order valence-electron chi connectivity index (χ4n) is 6.44. The van der Waals surface area contributed by atoms with E-state index in [2.05, 4.69) is 147 Å². The third-order valence-corrected chi connectivity index (χ3v) is 8.25. The van der Waals surface area contributed by atoms with Gasteiger partial charge >= 0.3 is 6.85 Å². The Morgan fingerprint density at radius 1 is 0.605 bits per heavy atom. The molecule has 3 heteroatoms. The van der Waals surface area contributed by atoms with Crippen molar-refractivity contribution in [3.8, 4) is 11.1 Å². The van der Waals surface area contributed by atoms with Crippen LogP contribution in [0.3, 0.4) is 0 Å². The summed E-state index contributed by atoms with van der Waals surface area (Å²) in [4.78, 5) is 5.09. The third kappa shape index (κ3) is 3.28. The van der Waals surface area contributed by atoms with E-state index in [0.717, 1.165) is 0 Å². The topological polar surface area (TPSA) is 6.48 Å². The Bertz CT molecular complexity index is 1690. The number of benzene rings is 5. The van der Waals surface area contributed by atoms with Gasteiger partial charge in [-0.05, 0) is 83.3 Å². The third-order valence-electron chi connectivity index (χ3n) is 8.25. The zero-order valence-electron chi connectivity index (χ0n) is 22.4. The molecule has 0 saturated heterocycles. The Labute approximate surface area is 226 Å². The summed E-state index contributed by atoms with van der Waals surface area (Å²) in [7, 11) is 0. The lowest BCUT2D eigenvalue weighted by Gasteiger charge is -2.46. The Hall–Kier alpha value is -4.24. The minimum atomic E-state index is 0.0760. The second-order valence-corrected chi connectivity index (χ2v) is 10.9. The van der Waals surface area contributed by atoms with Crippen molar-refractivity contribution in [1.29, 1.82) is 0 Å². The van der Waals surface area contributed by atoms with Gasteiger partial charge in [0.1, 0.15) is 0 Å². The molecular weight excluding hydrogens is 459 g/mol. The van der Waals surface area contributed by atoms with Crippen molar-refractivity contribution in [2.45, 2.75) is 33.6 Å². The number of para-hydroxylation sites is 4. The maximum absolute atomic E-state index is 2.61. The molecule has 0 aliphatic carbocycles. The van der Waals surface area contributed by atoms with E-state index < -0.39 is 0 Å². The molecule has 0 aromatic heterocycles. The summed E-state index contributed by atoms with van der Waals surface area (Å²) in [6.45, 7) is 9.17. The highest BCUT2D eigenvalue weighted by Crippen LogP contribution is 2.48. The summed E-state index contributed by atoms with van der Waals surface area (Å²) in [6.07, 6.45) is 0. The molecular formula is C35H31BN2. The molecule has 5 aromatic carbocycles. The first kappa shape index (κ1) is 22.9. The van der Waals surface area contributed by atoms with Crippen molar-refractivity contribution >= 4 is 46.2 Å². The van der Waals surface area contributed by atoms with E-state index in [1.54, 1.807) is 0 Å². The van der Waals surface area contributed by atoms with Crippen molar-refractivity contribution < 1.29 is 0 Å². The largest absolute Gasteiger partial charge is 0.376 e. The highest BCUT2D eigenvalue weighted by Gasteiger charge is 2.45. The number of anilines is 5. The highest BCUT2D eigenvalue weighted by molar-refractivity contribution is 6.93. The number of rotatable bonds is 3. The lowest BCUT2D eigenvalue weighted by molar-refractivity contribution is 0.867. The van der Waals surface area contributed by atoms with Gasteiger partial charge in [-0.3, -0.25) is 0 Å². The van der Waals surface area contributed by atoms with E-state index in [-0.39, 0.29) is 6.85 Å². The van der Waals surface area contributed by atoms with Crippen molar-refractivity contribution in [1.82, 2.24) is 0 Å². The van der Waals surface area contributed by atoms with E-state index in [0.29, 0.717) is 5.92 Å². The summed E-state index contributed by atoms with van der Waals surface area (Å²) in [5.41, 5.74) is 15.7. The lowest BCUT2D eigenvalue weighted by atomic mass is 9.43. The van der Waals surface area contributed by atoms with Gasteiger partial charge in [0.05, 0.1) is 0 Å². The maximum Gasteiger partial charge on any atom is 0.333 e. The molecule has 0 fully saturated rings. The van der Waals surface area contributed by atoms with Crippen LogP contribution in [-0.4, -0.2) is 6.85 Å². The normalized spacial score (nSPS) is 13.3. The van der Waals surface area contributed by atoms with E-state index in [4.69, 9.17) is 0 Å². The Morgan fingerprint density at radius 2 is 1.29 bits per heavy atom. The van der Waals surface area contributed by atoms with Crippen molar-refractivity contribution in [3.63, 3.8) is 0 Å². The van der Waals surface area contributed by atoms with Gasteiger partial charge in [0.25, 0.3) is 0 Å². The predicted molar refractivity (Wildman–Crippen MR) is 164 cm³/mol. The van der Waals surface area contributed by atoms with Gasteiger partial charge in [-0.1, -0.05) is 92.7 Å². The minimum absolute atomic E-state index is 0.0760. The zero-order valence-corrected chi connectivity index (χ0v) is 22.4. The molecule has 2 nitrogen and oxygen atoms in total. The maximum atomic E-state index is 2.61. The van der Waals surface area contributed by atoms with Crippen LogP contribution in [0.25, 0.3) is 11.1 Å².